The molecule has 0 aliphatic heterocycles. The number of amides is 3. The van der Waals surface area contributed by atoms with Gasteiger partial charge in [0.15, 0.2) is 0 Å². The van der Waals surface area contributed by atoms with Gasteiger partial charge in [0.25, 0.3) is 5.91 Å². The average Bonchev–Trinajstić information content (AvgIpc) is 2.88. The Morgan fingerprint density at radius 1 is 0.927 bits per heavy atom. The molecule has 0 aliphatic rings. The molecular formula is C33H49N3O5. The van der Waals surface area contributed by atoms with Crippen LogP contribution in [-0.2, 0) is 14.3 Å². The number of carbonyl (C=O) groups excluding carboxylic acids is 3. The Labute approximate surface area is 246 Å². The largest absolute Gasteiger partial charge is 0.497 e. The zero-order valence-corrected chi connectivity index (χ0v) is 26.7. The number of anilines is 1. The van der Waals surface area contributed by atoms with Crippen molar-refractivity contribution in [2.24, 2.45) is 5.92 Å². The molecule has 8 nitrogen and oxygen atoms in total. The lowest BCUT2D eigenvalue weighted by Gasteiger charge is -2.45. The van der Waals surface area contributed by atoms with E-state index in [4.69, 9.17) is 9.47 Å². The second kappa shape index (κ2) is 13.9. The number of nitrogens with one attached hydrogen (secondary N) is 2. The SMILES string of the molecule is CCC(C)C(NC(=O)OC(C)(C)C)C(=O)N(C(C(=O)Nc1ccc(OC)cc1)c1cc(C)cc(C)c1)C(C)(C)CC. The highest BCUT2D eigenvalue weighted by Gasteiger charge is 2.44. The van der Waals surface area contributed by atoms with E-state index in [0.29, 0.717) is 29.8 Å². The fraction of sp³-hybridized carbons (Fsp3) is 0.545. The minimum atomic E-state index is -0.967. The molecular weight excluding hydrogens is 518 g/mol. The van der Waals surface area contributed by atoms with E-state index in [1.807, 2.05) is 66.7 Å². The zero-order chi connectivity index (χ0) is 31.1. The summed E-state index contributed by atoms with van der Waals surface area (Å²) in [6.07, 6.45) is 0.546. The van der Waals surface area contributed by atoms with E-state index in [1.165, 1.54) is 0 Å². The summed E-state index contributed by atoms with van der Waals surface area (Å²) in [5.41, 5.74) is 1.78. The van der Waals surface area contributed by atoms with Gasteiger partial charge in [0.1, 0.15) is 23.4 Å². The minimum absolute atomic E-state index is 0.213. The van der Waals surface area contributed by atoms with Crippen molar-refractivity contribution in [3.63, 3.8) is 0 Å². The molecule has 2 aromatic carbocycles. The molecule has 3 unspecified atom stereocenters. The molecule has 226 valence electrons. The quantitative estimate of drug-likeness (QED) is 0.306. The Bertz CT molecular complexity index is 1180. The predicted molar refractivity (Wildman–Crippen MR) is 164 cm³/mol. The number of ether oxygens (including phenoxy) is 2. The van der Waals surface area contributed by atoms with E-state index < -0.39 is 29.3 Å². The van der Waals surface area contributed by atoms with Gasteiger partial charge in [-0.1, -0.05) is 56.5 Å². The third kappa shape index (κ3) is 9.23. The lowest BCUT2D eigenvalue weighted by atomic mass is 9.88. The number of benzene rings is 2. The lowest BCUT2D eigenvalue weighted by molar-refractivity contribution is -0.148. The highest BCUT2D eigenvalue weighted by atomic mass is 16.6. The van der Waals surface area contributed by atoms with Gasteiger partial charge in [0.2, 0.25) is 5.91 Å². The van der Waals surface area contributed by atoms with Gasteiger partial charge in [-0.05, 0) is 90.6 Å². The van der Waals surface area contributed by atoms with Crippen molar-refractivity contribution in [1.29, 1.82) is 0 Å². The summed E-state index contributed by atoms with van der Waals surface area (Å²) in [5.74, 6) is -0.238. The number of alkyl carbamates (subject to hydrolysis) is 1. The summed E-state index contributed by atoms with van der Waals surface area (Å²) in [6.45, 7) is 19.0. The fourth-order valence-electron chi connectivity index (χ4n) is 4.68. The van der Waals surface area contributed by atoms with Gasteiger partial charge in [-0.15, -0.1) is 0 Å². The third-order valence-corrected chi connectivity index (χ3v) is 7.33. The highest BCUT2D eigenvalue weighted by molar-refractivity contribution is 5.99. The first-order valence-electron chi connectivity index (χ1n) is 14.4. The molecule has 0 saturated carbocycles. The number of carbonyl (C=O) groups is 3. The van der Waals surface area contributed by atoms with Gasteiger partial charge in [0.05, 0.1) is 7.11 Å². The highest BCUT2D eigenvalue weighted by Crippen LogP contribution is 2.35. The molecule has 0 aromatic heterocycles. The standard InChI is InChI=1S/C33H49N3O5/c1-12-23(5)27(35-31(39)41-32(6,7)8)30(38)36(33(9,10)13-2)28(24-19-21(3)18-22(4)20-24)29(37)34-25-14-16-26(40-11)17-15-25/h14-20,23,27-28H,12-13H2,1-11H3,(H,34,37)(H,35,39). The van der Waals surface area contributed by atoms with Crippen LogP contribution in [0.2, 0.25) is 0 Å². The Morgan fingerprint density at radius 3 is 1.95 bits per heavy atom. The van der Waals surface area contributed by atoms with E-state index >= 15 is 0 Å². The molecule has 2 aromatic rings. The van der Waals surface area contributed by atoms with Crippen molar-refractivity contribution in [3.05, 3.63) is 59.2 Å². The Hall–Kier alpha value is -3.55. The molecule has 2 rings (SSSR count). The predicted octanol–water partition coefficient (Wildman–Crippen LogP) is 6.95. The minimum Gasteiger partial charge on any atom is -0.497 e. The summed E-state index contributed by atoms with van der Waals surface area (Å²) in [7, 11) is 1.58. The van der Waals surface area contributed by atoms with Crippen LogP contribution in [0.5, 0.6) is 5.75 Å². The van der Waals surface area contributed by atoms with E-state index in [-0.39, 0.29) is 17.7 Å². The molecule has 0 saturated heterocycles. The van der Waals surface area contributed by atoms with E-state index in [0.717, 1.165) is 11.1 Å². The molecule has 0 heterocycles. The van der Waals surface area contributed by atoms with Gasteiger partial charge in [-0.25, -0.2) is 4.79 Å². The zero-order valence-electron chi connectivity index (χ0n) is 26.7. The van der Waals surface area contributed by atoms with Crippen LogP contribution < -0.4 is 15.4 Å². The molecule has 3 atom stereocenters. The maximum Gasteiger partial charge on any atom is 0.408 e. The number of methoxy groups -OCH3 is 1. The summed E-state index contributed by atoms with van der Waals surface area (Å²) < 4.78 is 10.8. The van der Waals surface area contributed by atoms with Crippen molar-refractivity contribution in [2.75, 3.05) is 12.4 Å². The Kier molecular flexibility index (Phi) is 11.4. The molecule has 3 amide bonds. The van der Waals surface area contributed by atoms with Gasteiger partial charge in [0, 0.05) is 11.2 Å². The normalized spacial score (nSPS) is 13.9. The first-order valence-corrected chi connectivity index (χ1v) is 14.4. The fourth-order valence-corrected chi connectivity index (χ4v) is 4.68. The third-order valence-electron chi connectivity index (χ3n) is 7.33. The van der Waals surface area contributed by atoms with Crippen LogP contribution in [-0.4, -0.2) is 47.1 Å². The average molecular weight is 568 g/mol. The van der Waals surface area contributed by atoms with Crippen molar-refractivity contribution >= 4 is 23.6 Å². The number of rotatable bonds is 11. The van der Waals surface area contributed by atoms with Crippen LogP contribution in [0.25, 0.3) is 0 Å². The topological polar surface area (TPSA) is 97.0 Å². The second-order valence-corrected chi connectivity index (χ2v) is 12.4. The Morgan fingerprint density at radius 2 is 1.49 bits per heavy atom. The summed E-state index contributed by atoms with van der Waals surface area (Å²) in [5, 5.41) is 5.85. The maximum absolute atomic E-state index is 14.6. The van der Waals surface area contributed by atoms with Crippen LogP contribution in [0.4, 0.5) is 10.5 Å². The smallest absolute Gasteiger partial charge is 0.408 e. The molecule has 8 heteroatoms. The lowest BCUT2D eigenvalue weighted by Crippen LogP contribution is -2.60. The summed E-state index contributed by atoms with van der Waals surface area (Å²) >= 11 is 0. The van der Waals surface area contributed by atoms with Crippen molar-refractivity contribution in [2.45, 2.75) is 105 Å². The molecule has 0 radical (unpaired) electrons. The van der Waals surface area contributed by atoms with Gasteiger partial charge in [-0.2, -0.15) is 0 Å². The van der Waals surface area contributed by atoms with Crippen molar-refractivity contribution < 1.29 is 23.9 Å². The maximum atomic E-state index is 14.6. The van der Waals surface area contributed by atoms with Gasteiger partial charge >= 0.3 is 6.09 Å². The Balaban J connectivity index is 2.69. The van der Waals surface area contributed by atoms with Crippen LogP contribution in [0, 0.1) is 19.8 Å². The molecule has 41 heavy (non-hydrogen) atoms. The van der Waals surface area contributed by atoms with Crippen LogP contribution in [0.1, 0.15) is 91.0 Å². The molecule has 0 fully saturated rings. The first-order chi connectivity index (χ1) is 19.0. The van der Waals surface area contributed by atoms with Crippen LogP contribution in [0.15, 0.2) is 42.5 Å². The van der Waals surface area contributed by atoms with E-state index in [1.54, 1.807) is 57.0 Å². The number of nitrogens with zero attached hydrogens (tertiary/aromatic N) is 1. The van der Waals surface area contributed by atoms with Crippen LogP contribution in [0.3, 0.4) is 0 Å². The molecule has 2 N–H and O–H groups in total. The molecule has 0 bridgehead atoms. The van der Waals surface area contributed by atoms with E-state index in [2.05, 4.69) is 10.6 Å². The second-order valence-electron chi connectivity index (χ2n) is 12.4. The van der Waals surface area contributed by atoms with Gasteiger partial charge in [-0.3, -0.25) is 9.59 Å². The van der Waals surface area contributed by atoms with Crippen LogP contribution >= 0.6 is 0 Å². The monoisotopic (exact) mass is 567 g/mol. The van der Waals surface area contributed by atoms with E-state index in [9.17, 15) is 14.4 Å². The molecule has 0 spiro atoms. The summed E-state index contributed by atoms with van der Waals surface area (Å²) in [6, 6.07) is 11.1. The van der Waals surface area contributed by atoms with Crippen molar-refractivity contribution in [3.8, 4) is 5.75 Å². The van der Waals surface area contributed by atoms with Crippen molar-refractivity contribution in [1.82, 2.24) is 10.2 Å². The first kappa shape index (κ1) is 33.7. The molecule has 0 aliphatic carbocycles. The number of hydrogen-bond donors (Lipinski definition) is 2. The number of hydrogen-bond acceptors (Lipinski definition) is 5. The summed E-state index contributed by atoms with van der Waals surface area (Å²) in [4.78, 5) is 43.4. The number of aryl methyl sites for hydroxylation is 2. The van der Waals surface area contributed by atoms with Gasteiger partial charge < -0.3 is 25.0 Å².